The Labute approximate surface area is 162 Å². The van der Waals surface area contributed by atoms with Gasteiger partial charge >= 0.3 is 12.0 Å². The summed E-state index contributed by atoms with van der Waals surface area (Å²) in [5, 5.41) is 0. The van der Waals surface area contributed by atoms with Crippen molar-refractivity contribution in [1.82, 2.24) is 9.80 Å². The number of ether oxygens (including phenoxy) is 3. The van der Waals surface area contributed by atoms with Crippen LogP contribution in [-0.4, -0.2) is 80.0 Å². The van der Waals surface area contributed by atoms with E-state index in [9.17, 15) is 9.59 Å². The second kappa shape index (κ2) is 9.24. The van der Waals surface area contributed by atoms with Crippen LogP contribution < -0.4 is 0 Å². The van der Waals surface area contributed by atoms with Crippen LogP contribution in [0.4, 0.5) is 4.79 Å². The standard InChI is InChI=1S/C20H34N2O5/c1-4-26-19(23)12-22(20(24)21-5-7-25-8-6-21)17-9-15-11-18(14(2)3)27-13-16(15)10-17/h14-18H,4-13H2,1-3H3/t15-,16+,17-,18-/m0/s1. The largest absolute Gasteiger partial charge is 0.465 e. The normalized spacial score (nSPS) is 30.9. The zero-order valence-corrected chi connectivity index (χ0v) is 16.9. The molecule has 0 N–H and O–H groups in total. The fourth-order valence-electron chi connectivity index (χ4n) is 4.64. The molecular weight excluding hydrogens is 348 g/mol. The molecule has 2 heterocycles. The van der Waals surface area contributed by atoms with E-state index in [0.29, 0.717) is 56.8 Å². The molecule has 0 unspecified atom stereocenters. The Bertz CT molecular complexity index is 521. The summed E-state index contributed by atoms with van der Waals surface area (Å²) in [5.41, 5.74) is 0. The molecule has 7 heteroatoms. The molecule has 2 saturated heterocycles. The molecule has 0 spiro atoms. The van der Waals surface area contributed by atoms with E-state index < -0.39 is 0 Å². The van der Waals surface area contributed by atoms with Crippen molar-refractivity contribution in [2.45, 2.75) is 52.2 Å². The number of fused-ring (bicyclic) bond motifs is 1. The highest BCUT2D eigenvalue weighted by molar-refractivity contribution is 5.81. The van der Waals surface area contributed by atoms with E-state index in [4.69, 9.17) is 14.2 Å². The highest BCUT2D eigenvalue weighted by Crippen LogP contribution is 2.42. The number of hydrogen-bond donors (Lipinski definition) is 0. The molecule has 2 amide bonds. The summed E-state index contributed by atoms with van der Waals surface area (Å²) in [4.78, 5) is 28.9. The Morgan fingerprint density at radius 2 is 1.85 bits per heavy atom. The van der Waals surface area contributed by atoms with Crippen LogP contribution in [0.3, 0.4) is 0 Å². The number of nitrogens with zero attached hydrogens (tertiary/aromatic N) is 2. The Balaban J connectivity index is 1.68. The quantitative estimate of drug-likeness (QED) is 0.682. The van der Waals surface area contributed by atoms with Gasteiger partial charge in [0.1, 0.15) is 6.54 Å². The SMILES string of the molecule is CCOC(=O)CN(C(=O)N1CCOCC1)[C@@H]1C[C@@H]2CO[C@H](C(C)C)C[C@@H]2C1. The Hall–Kier alpha value is -1.34. The molecule has 27 heavy (non-hydrogen) atoms. The van der Waals surface area contributed by atoms with Crippen molar-refractivity contribution >= 4 is 12.0 Å². The van der Waals surface area contributed by atoms with Gasteiger partial charge in [0.05, 0.1) is 32.5 Å². The molecule has 0 aromatic heterocycles. The first-order valence-electron chi connectivity index (χ1n) is 10.4. The molecule has 2 aliphatic heterocycles. The fraction of sp³-hybridized carbons (Fsp3) is 0.900. The van der Waals surface area contributed by atoms with Gasteiger partial charge in [-0.3, -0.25) is 4.79 Å². The van der Waals surface area contributed by atoms with Gasteiger partial charge in [-0.25, -0.2) is 4.79 Å². The smallest absolute Gasteiger partial charge is 0.325 e. The zero-order chi connectivity index (χ0) is 19.4. The number of esters is 1. The number of morpholine rings is 1. The minimum Gasteiger partial charge on any atom is -0.465 e. The van der Waals surface area contributed by atoms with E-state index >= 15 is 0 Å². The van der Waals surface area contributed by atoms with Crippen molar-refractivity contribution in [2.75, 3.05) is 46.1 Å². The average molecular weight is 383 g/mol. The lowest BCUT2D eigenvalue weighted by Crippen LogP contribution is -2.52. The summed E-state index contributed by atoms with van der Waals surface area (Å²) < 4.78 is 16.6. The van der Waals surface area contributed by atoms with Crippen LogP contribution in [0.1, 0.15) is 40.0 Å². The first-order valence-corrected chi connectivity index (χ1v) is 10.4. The van der Waals surface area contributed by atoms with E-state index in [0.717, 1.165) is 25.9 Å². The Morgan fingerprint density at radius 3 is 2.52 bits per heavy atom. The summed E-state index contributed by atoms with van der Waals surface area (Å²) in [7, 11) is 0. The van der Waals surface area contributed by atoms with Gasteiger partial charge in [0.2, 0.25) is 0 Å². The molecule has 1 saturated carbocycles. The maximum Gasteiger partial charge on any atom is 0.325 e. The zero-order valence-electron chi connectivity index (χ0n) is 16.9. The monoisotopic (exact) mass is 382 g/mol. The van der Waals surface area contributed by atoms with Crippen LogP contribution in [0.2, 0.25) is 0 Å². The number of amides is 2. The van der Waals surface area contributed by atoms with Gasteiger partial charge in [0, 0.05) is 19.1 Å². The summed E-state index contributed by atoms with van der Waals surface area (Å²) in [6.07, 6.45) is 3.22. The maximum absolute atomic E-state index is 13.2. The van der Waals surface area contributed by atoms with Crippen molar-refractivity contribution in [3.8, 4) is 0 Å². The number of hydrogen-bond acceptors (Lipinski definition) is 5. The molecule has 0 aromatic rings. The van der Waals surface area contributed by atoms with Crippen molar-refractivity contribution in [3.05, 3.63) is 0 Å². The van der Waals surface area contributed by atoms with E-state index in [1.165, 1.54) is 0 Å². The van der Waals surface area contributed by atoms with Gasteiger partial charge in [0.25, 0.3) is 0 Å². The van der Waals surface area contributed by atoms with Crippen LogP contribution in [0, 0.1) is 17.8 Å². The molecule has 154 valence electrons. The van der Waals surface area contributed by atoms with E-state index in [1.807, 2.05) is 0 Å². The first kappa shape index (κ1) is 20.4. The van der Waals surface area contributed by atoms with Crippen molar-refractivity contribution in [3.63, 3.8) is 0 Å². The van der Waals surface area contributed by atoms with Crippen molar-refractivity contribution < 1.29 is 23.8 Å². The lowest BCUT2D eigenvalue weighted by atomic mass is 9.85. The van der Waals surface area contributed by atoms with Crippen LogP contribution in [0.5, 0.6) is 0 Å². The van der Waals surface area contributed by atoms with Gasteiger partial charge in [-0.05, 0) is 43.9 Å². The predicted molar refractivity (Wildman–Crippen MR) is 100 cm³/mol. The summed E-state index contributed by atoms with van der Waals surface area (Å²) in [6, 6.07) is 0.0191. The van der Waals surface area contributed by atoms with Gasteiger partial charge in [-0.15, -0.1) is 0 Å². The van der Waals surface area contributed by atoms with Crippen LogP contribution in [-0.2, 0) is 19.0 Å². The number of carbonyl (C=O) groups is 2. The predicted octanol–water partition coefficient (Wildman–Crippen LogP) is 2.14. The topological polar surface area (TPSA) is 68.3 Å². The minimum atomic E-state index is -0.328. The molecule has 0 bridgehead atoms. The molecule has 0 aromatic carbocycles. The second-order valence-corrected chi connectivity index (χ2v) is 8.31. The summed E-state index contributed by atoms with van der Waals surface area (Å²) in [5.74, 6) is 1.23. The molecule has 4 atom stereocenters. The Kier molecular flexibility index (Phi) is 6.98. The molecule has 3 rings (SSSR count). The molecular formula is C20H34N2O5. The van der Waals surface area contributed by atoms with Crippen LogP contribution >= 0.6 is 0 Å². The molecule has 0 radical (unpaired) electrons. The van der Waals surface area contributed by atoms with Crippen LogP contribution in [0.25, 0.3) is 0 Å². The number of urea groups is 1. The molecule has 1 aliphatic carbocycles. The number of carbonyl (C=O) groups excluding carboxylic acids is 2. The third kappa shape index (κ3) is 4.93. The molecule has 3 aliphatic rings. The van der Waals surface area contributed by atoms with E-state index in [2.05, 4.69) is 13.8 Å². The van der Waals surface area contributed by atoms with E-state index in [1.54, 1.807) is 16.7 Å². The number of rotatable bonds is 5. The van der Waals surface area contributed by atoms with Gasteiger partial charge in [-0.2, -0.15) is 0 Å². The minimum absolute atomic E-state index is 0.0304. The first-order chi connectivity index (χ1) is 13.0. The highest BCUT2D eigenvalue weighted by Gasteiger charge is 2.44. The molecule has 7 nitrogen and oxygen atoms in total. The second-order valence-electron chi connectivity index (χ2n) is 8.31. The Morgan fingerprint density at radius 1 is 1.15 bits per heavy atom. The van der Waals surface area contributed by atoms with Crippen molar-refractivity contribution in [1.29, 1.82) is 0 Å². The lowest BCUT2D eigenvalue weighted by Gasteiger charge is -2.35. The summed E-state index contributed by atoms with van der Waals surface area (Å²) in [6.45, 7) is 9.59. The highest BCUT2D eigenvalue weighted by atomic mass is 16.5. The van der Waals surface area contributed by atoms with Gasteiger partial charge in [-0.1, -0.05) is 13.8 Å². The lowest BCUT2D eigenvalue weighted by molar-refractivity contribution is -0.144. The average Bonchev–Trinajstić information content (AvgIpc) is 3.09. The summed E-state index contributed by atoms with van der Waals surface area (Å²) >= 11 is 0. The third-order valence-corrected chi connectivity index (χ3v) is 6.19. The van der Waals surface area contributed by atoms with E-state index in [-0.39, 0.29) is 24.6 Å². The van der Waals surface area contributed by atoms with Crippen LogP contribution in [0.15, 0.2) is 0 Å². The fourth-order valence-corrected chi connectivity index (χ4v) is 4.64. The molecule has 3 fully saturated rings. The van der Waals surface area contributed by atoms with Gasteiger partial charge in [0.15, 0.2) is 0 Å². The van der Waals surface area contributed by atoms with Crippen molar-refractivity contribution in [2.24, 2.45) is 17.8 Å². The van der Waals surface area contributed by atoms with Gasteiger partial charge < -0.3 is 24.0 Å². The third-order valence-electron chi connectivity index (χ3n) is 6.19. The maximum atomic E-state index is 13.2.